The van der Waals surface area contributed by atoms with Gasteiger partial charge >= 0.3 is 0 Å². The van der Waals surface area contributed by atoms with Gasteiger partial charge in [0.1, 0.15) is 25.4 Å². The normalized spacial score (nSPS) is 10.7. The van der Waals surface area contributed by atoms with E-state index >= 15 is 0 Å². The zero-order chi connectivity index (χ0) is 21.4. The maximum absolute atomic E-state index is 6.23. The standard InChI is InChI=1S/C25H26NO.C3H6.ClH/c1-26(2,19-20-9-4-3-5-10-20)15-16-27-25-14-8-13-23-17-21-11-6-7-12-22(21)18-24(23)25;1-3-2;/h3-14,17-18H,15-16,19H2,1-2H3;3H,1H2,2H3;1H/q+1;;/p-1. The molecule has 0 aliphatic heterocycles. The third-order valence-corrected chi connectivity index (χ3v) is 5.11. The highest BCUT2D eigenvalue weighted by Gasteiger charge is 2.16. The Hall–Kier alpha value is -2.81. The van der Waals surface area contributed by atoms with Crippen LogP contribution in [-0.4, -0.2) is 31.7 Å². The van der Waals surface area contributed by atoms with Crippen molar-refractivity contribution in [1.82, 2.24) is 0 Å². The Morgan fingerprint density at radius 3 is 2.06 bits per heavy atom. The lowest BCUT2D eigenvalue weighted by atomic mass is 10.0. The lowest BCUT2D eigenvalue weighted by molar-refractivity contribution is -0.903. The molecule has 0 spiro atoms. The molecule has 4 aromatic rings. The molecule has 0 saturated heterocycles. The Kier molecular flexibility index (Phi) is 9.11. The highest BCUT2D eigenvalue weighted by atomic mass is 35.5. The summed E-state index contributed by atoms with van der Waals surface area (Å²) in [7, 11) is 4.51. The largest absolute Gasteiger partial charge is 1.00 e. The summed E-state index contributed by atoms with van der Waals surface area (Å²) < 4.78 is 7.13. The van der Waals surface area contributed by atoms with Crippen molar-refractivity contribution in [2.75, 3.05) is 27.2 Å². The molecule has 0 bridgehead atoms. The van der Waals surface area contributed by atoms with Crippen LogP contribution in [0.2, 0.25) is 0 Å². The number of quaternary nitrogens is 1. The summed E-state index contributed by atoms with van der Waals surface area (Å²) in [5.74, 6) is 0.970. The molecule has 0 aromatic heterocycles. The van der Waals surface area contributed by atoms with Gasteiger partial charge in [0.25, 0.3) is 0 Å². The van der Waals surface area contributed by atoms with Gasteiger partial charge in [0, 0.05) is 10.9 Å². The van der Waals surface area contributed by atoms with Gasteiger partial charge in [0.15, 0.2) is 0 Å². The monoisotopic (exact) mass is 433 g/mol. The minimum Gasteiger partial charge on any atom is -1.00 e. The van der Waals surface area contributed by atoms with Crippen LogP contribution < -0.4 is 17.1 Å². The smallest absolute Gasteiger partial charge is 0.137 e. The summed E-state index contributed by atoms with van der Waals surface area (Å²) in [6.07, 6.45) is 1.75. The van der Waals surface area contributed by atoms with E-state index in [1.54, 1.807) is 6.08 Å². The van der Waals surface area contributed by atoms with Crippen molar-refractivity contribution in [3.05, 3.63) is 103 Å². The van der Waals surface area contributed by atoms with Crippen molar-refractivity contribution in [3.63, 3.8) is 0 Å². The Labute approximate surface area is 192 Å². The first kappa shape index (κ1) is 24.5. The van der Waals surface area contributed by atoms with E-state index in [9.17, 15) is 0 Å². The fourth-order valence-corrected chi connectivity index (χ4v) is 3.62. The molecule has 0 amide bonds. The number of nitrogens with zero attached hydrogens (tertiary/aromatic N) is 1. The summed E-state index contributed by atoms with van der Waals surface area (Å²) in [5.41, 5.74) is 1.36. The van der Waals surface area contributed by atoms with Gasteiger partial charge in [-0.1, -0.05) is 72.8 Å². The molecule has 0 fully saturated rings. The van der Waals surface area contributed by atoms with Crippen LogP contribution in [0.4, 0.5) is 0 Å². The molecular weight excluding hydrogens is 402 g/mol. The minimum absolute atomic E-state index is 0. The molecule has 0 unspecified atom stereocenters. The molecule has 0 aliphatic rings. The molecule has 0 N–H and O–H groups in total. The van der Waals surface area contributed by atoms with E-state index in [0.29, 0.717) is 6.61 Å². The Balaban J connectivity index is 0.000000808. The maximum atomic E-state index is 6.23. The van der Waals surface area contributed by atoms with Crippen LogP contribution in [0.3, 0.4) is 0 Å². The van der Waals surface area contributed by atoms with Gasteiger partial charge in [-0.2, -0.15) is 0 Å². The van der Waals surface area contributed by atoms with Crippen molar-refractivity contribution in [2.45, 2.75) is 13.5 Å². The molecule has 0 atom stereocenters. The van der Waals surface area contributed by atoms with Gasteiger partial charge in [0.2, 0.25) is 0 Å². The van der Waals surface area contributed by atoms with E-state index in [2.05, 4.69) is 106 Å². The minimum atomic E-state index is 0. The molecule has 4 rings (SSSR count). The van der Waals surface area contributed by atoms with Crippen molar-refractivity contribution in [2.24, 2.45) is 0 Å². The van der Waals surface area contributed by atoms with Crippen LogP contribution in [-0.2, 0) is 6.54 Å². The second-order valence-corrected chi connectivity index (χ2v) is 8.24. The quantitative estimate of drug-likeness (QED) is 0.255. The van der Waals surface area contributed by atoms with Gasteiger partial charge in [0.05, 0.1) is 14.1 Å². The zero-order valence-electron chi connectivity index (χ0n) is 18.7. The molecule has 4 aromatic carbocycles. The summed E-state index contributed by atoms with van der Waals surface area (Å²) in [5, 5.41) is 4.93. The number of fused-ring (bicyclic) bond motifs is 2. The van der Waals surface area contributed by atoms with Crippen molar-refractivity contribution in [3.8, 4) is 5.75 Å². The fraction of sp³-hybridized carbons (Fsp3) is 0.214. The Morgan fingerprint density at radius 2 is 1.39 bits per heavy atom. The predicted molar refractivity (Wildman–Crippen MR) is 130 cm³/mol. The number of hydrogen-bond donors (Lipinski definition) is 0. The van der Waals surface area contributed by atoms with Crippen LogP contribution in [0.1, 0.15) is 12.5 Å². The van der Waals surface area contributed by atoms with E-state index in [1.165, 1.54) is 27.1 Å². The topological polar surface area (TPSA) is 9.23 Å². The van der Waals surface area contributed by atoms with E-state index in [0.717, 1.165) is 23.3 Å². The molecule has 3 heteroatoms. The Bertz CT molecular complexity index is 1110. The molecular formula is C28H32ClNO. The van der Waals surface area contributed by atoms with E-state index in [1.807, 2.05) is 6.92 Å². The highest BCUT2D eigenvalue weighted by molar-refractivity contribution is 6.00. The summed E-state index contributed by atoms with van der Waals surface area (Å²) in [4.78, 5) is 0. The number of allylic oxidation sites excluding steroid dienone is 1. The van der Waals surface area contributed by atoms with Crippen molar-refractivity contribution in [1.29, 1.82) is 0 Å². The lowest BCUT2D eigenvalue weighted by Gasteiger charge is -2.29. The van der Waals surface area contributed by atoms with Crippen molar-refractivity contribution < 1.29 is 21.6 Å². The van der Waals surface area contributed by atoms with Crippen LogP contribution in [0, 0.1) is 0 Å². The van der Waals surface area contributed by atoms with Crippen LogP contribution in [0.15, 0.2) is 97.6 Å². The summed E-state index contributed by atoms with van der Waals surface area (Å²) in [6, 6.07) is 29.9. The third-order valence-electron chi connectivity index (χ3n) is 5.11. The average molecular weight is 434 g/mol. The first-order valence-electron chi connectivity index (χ1n) is 10.5. The SMILES string of the molecule is C=CC.C[N+](C)(CCOc1cccc2cc3ccccc3cc12)Cc1ccccc1.[Cl-]. The molecule has 0 heterocycles. The van der Waals surface area contributed by atoms with E-state index in [4.69, 9.17) is 4.74 Å². The average Bonchev–Trinajstić information content (AvgIpc) is 2.73. The van der Waals surface area contributed by atoms with Gasteiger partial charge in [-0.15, -0.1) is 6.58 Å². The second-order valence-electron chi connectivity index (χ2n) is 8.24. The van der Waals surface area contributed by atoms with Gasteiger partial charge < -0.3 is 21.6 Å². The van der Waals surface area contributed by atoms with Crippen LogP contribution in [0.5, 0.6) is 5.75 Å². The third kappa shape index (κ3) is 6.85. The Morgan fingerprint density at radius 1 is 0.806 bits per heavy atom. The molecule has 162 valence electrons. The number of hydrogen-bond acceptors (Lipinski definition) is 1. The molecule has 2 nitrogen and oxygen atoms in total. The fourth-order valence-electron chi connectivity index (χ4n) is 3.62. The van der Waals surface area contributed by atoms with Gasteiger partial charge in [-0.05, 0) is 41.3 Å². The number of halogens is 1. The summed E-state index contributed by atoms with van der Waals surface area (Å²) >= 11 is 0. The van der Waals surface area contributed by atoms with Crippen molar-refractivity contribution >= 4 is 21.5 Å². The first-order valence-corrected chi connectivity index (χ1v) is 10.5. The first-order chi connectivity index (χ1) is 14.5. The van der Waals surface area contributed by atoms with Gasteiger partial charge in [-0.3, -0.25) is 0 Å². The predicted octanol–water partition coefficient (Wildman–Crippen LogP) is 3.84. The number of rotatable bonds is 6. The lowest BCUT2D eigenvalue weighted by Crippen LogP contribution is -3.00. The highest BCUT2D eigenvalue weighted by Crippen LogP contribution is 2.30. The van der Waals surface area contributed by atoms with E-state index in [-0.39, 0.29) is 12.4 Å². The molecule has 0 radical (unpaired) electrons. The molecule has 0 aliphatic carbocycles. The van der Waals surface area contributed by atoms with Crippen LogP contribution >= 0.6 is 0 Å². The van der Waals surface area contributed by atoms with Gasteiger partial charge in [-0.25, -0.2) is 0 Å². The number of ether oxygens (including phenoxy) is 1. The van der Waals surface area contributed by atoms with Crippen LogP contribution in [0.25, 0.3) is 21.5 Å². The van der Waals surface area contributed by atoms with E-state index < -0.39 is 0 Å². The molecule has 31 heavy (non-hydrogen) atoms. The molecule has 0 saturated carbocycles. The number of likely N-dealkylation sites (N-methyl/N-ethyl adjacent to an activating group) is 1. The zero-order valence-corrected chi connectivity index (χ0v) is 19.5. The second kappa shape index (κ2) is 11.5. The number of benzene rings is 4. The summed E-state index contributed by atoms with van der Waals surface area (Å²) in [6.45, 7) is 7.91. The maximum Gasteiger partial charge on any atom is 0.137 e.